The summed E-state index contributed by atoms with van der Waals surface area (Å²) >= 11 is 0. The molecular formula is C14H15N3O2. The van der Waals surface area contributed by atoms with Crippen molar-refractivity contribution in [3.05, 3.63) is 46.4 Å². The Bertz CT molecular complexity index is 674. The number of nitrogens with one attached hydrogen (secondary N) is 2. The molecule has 1 aromatic heterocycles. The molecule has 0 aliphatic heterocycles. The Hall–Kier alpha value is -2.43. The third-order valence-corrected chi connectivity index (χ3v) is 2.69. The molecule has 1 amide bonds. The Morgan fingerprint density at radius 3 is 3.11 bits per heavy atom. The Labute approximate surface area is 110 Å². The largest absolute Gasteiger partial charge is 0.356 e. The normalized spacial score (nSPS) is 11.0. The van der Waals surface area contributed by atoms with Gasteiger partial charge in [-0.15, -0.1) is 0 Å². The maximum Gasteiger partial charge on any atom is 0.272 e. The third kappa shape index (κ3) is 3.51. The van der Waals surface area contributed by atoms with Crippen LogP contribution in [0.2, 0.25) is 0 Å². The first-order chi connectivity index (χ1) is 9.16. The zero-order chi connectivity index (χ0) is 13.7. The molecule has 98 valence electrons. The Morgan fingerprint density at radius 2 is 2.32 bits per heavy atom. The van der Waals surface area contributed by atoms with E-state index >= 15 is 0 Å². The van der Waals surface area contributed by atoms with Gasteiger partial charge in [-0.05, 0) is 24.1 Å². The monoisotopic (exact) mass is 257 g/mol. The van der Waals surface area contributed by atoms with Crippen LogP contribution in [0.5, 0.6) is 0 Å². The Morgan fingerprint density at radius 1 is 1.47 bits per heavy atom. The van der Waals surface area contributed by atoms with Crippen molar-refractivity contribution < 1.29 is 4.79 Å². The first kappa shape index (κ1) is 13.0. The van der Waals surface area contributed by atoms with Crippen molar-refractivity contribution in [2.45, 2.75) is 13.3 Å². The fraction of sp³-hybridized carbons (Fsp3) is 0.214. The number of carbonyl (C=O) groups excluding carboxylic acids is 1. The number of rotatable bonds is 4. The van der Waals surface area contributed by atoms with Crippen LogP contribution in [0.3, 0.4) is 0 Å². The highest BCUT2D eigenvalue weighted by atomic mass is 16.1. The molecule has 0 aliphatic carbocycles. The van der Waals surface area contributed by atoms with Crippen molar-refractivity contribution in [3.63, 3.8) is 0 Å². The zero-order valence-corrected chi connectivity index (χ0v) is 10.6. The molecule has 0 atom stereocenters. The highest BCUT2D eigenvalue weighted by molar-refractivity contribution is 5.82. The summed E-state index contributed by atoms with van der Waals surface area (Å²) in [4.78, 5) is 22.2. The van der Waals surface area contributed by atoms with E-state index in [4.69, 9.17) is 0 Å². The predicted molar refractivity (Wildman–Crippen MR) is 74.7 cm³/mol. The van der Waals surface area contributed by atoms with Crippen molar-refractivity contribution in [2.24, 2.45) is 0 Å². The highest BCUT2D eigenvalue weighted by Crippen LogP contribution is 2.12. The number of aromatic nitrogens is 2. The van der Waals surface area contributed by atoms with Gasteiger partial charge in [-0.3, -0.25) is 9.59 Å². The van der Waals surface area contributed by atoms with Gasteiger partial charge < -0.3 is 5.32 Å². The average Bonchev–Trinajstić information content (AvgIpc) is 2.38. The van der Waals surface area contributed by atoms with Crippen LogP contribution in [0.15, 0.2) is 35.3 Å². The van der Waals surface area contributed by atoms with Gasteiger partial charge in [0.25, 0.3) is 5.56 Å². The smallest absolute Gasteiger partial charge is 0.272 e. The van der Waals surface area contributed by atoms with Gasteiger partial charge in [-0.1, -0.05) is 18.2 Å². The van der Waals surface area contributed by atoms with E-state index in [9.17, 15) is 9.59 Å². The number of benzene rings is 1. The van der Waals surface area contributed by atoms with Gasteiger partial charge in [0.2, 0.25) is 5.91 Å². The second-order valence-electron chi connectivity index (χ2n) is 4.22. The van der Waals surface area contributed by atoms with E-state index in [1.54, 1.807) is 12.3 Å². The van der Waals surface area contributed by atoms with Crippen molar-refractivity contribution in [1.29, 1.82) is 0 Å². The Balaban J connectivity index is 2.07. The SMILES string of the molecule is CC(=O)NCCC=Cc1ccc2c(=O)[nH]ncc2c1. The number of amides is 1. The average molecular weight is 257 g/mol. The molecule has 2 N–H and O–H groups in total. The van der Waals surface area contributed by atoms with Crippen LogP contribution in [0.25, 0.3) is 16.8 Å². The minimum Gasteiger partial charge on any atom is -0.356 e. The lowest BCUT2D eigenvalue weighted by atomic mass is 10.1. The van der Waals surface area contributed by atoms with Crippen LogP contribution < -0.4 is 10.9 Å². The van der Waals surface area contributed by atoms with E-state index < -0.39 is 0 Å². The van der Waals surface area contributed by atoms with Crippen molar-refractivity contribution in [2.75, 3.05) is 6.54 Å². The number of carbonyl (C=O) groups is 1. The van der Waals surface area contributed by atoms with Crippen molar-refractivity contribution >= 4 is 22.8 Å². The standard InChI is InChI=1S/C14H15N3O2/c1-10(18)15-7-3-2-4-11-5-6-13-12(8-11)9-16-17-14(13)19/h2,4-6,8-9H,3,7H2,1H3,(H,15,18)(H,17,19). The summed E-state index contributed by atoms with van der Waals surface area (Å²) in [5, 5.41) is 10.3. The third-order valence-electron chi connectivity index (χ3n) is 2.69. The van der Waals surface area contributed by atoms with Gasteiger partial charge in [-0.25, -0.2) is 5.10 Å². The molecule has 0 saturated carbocycles. The summed E-state index contributed by atoms with van der Waals surface area (Å²) in [7, 11) is 0. The molecule has 5 heteroatoms. The molecule has 1 heterocycles. The molecule has 0 radical (unpaired) electrons. The predicted octanol–water partition coefficient (Wildman–Crippen LogP) is 1.46. The van der Waals surface area contributed by atoms with Crippen LogP contribution in [0, 0.1) is 0 Å². The van der Waals surface area contributed by atoms with E-state index in [-0.39, 0.29) is 11.5 Å². The van der Waals surface area contributed by atoms with Gasteiger partial charge in [-0.2, -0.15) is 5.10 Å². The topological polar surface area (TPSA) is 74.8 Å². The molecule has 2 rings (SSSR count). The second kappa shape index (κ2) is 5.95. The highest BCUT2D eigenvalue weighted by Gasteiger charge is 1.98. The number of H-pyrrole nitrogens is 1. The van der Waals surface area contributed by atoms with Crippen molar-refractivity contribution in [1.82, 2.24) is 15.5 Å². The van der Waals surface area contributed by atoms with Gasteiger partial charge in [0.1, 0.15) is 0 Å². The summed E-state index contributed by atoms with van der Waals surface area (Å²) in [6.45, 7) is 2.12. The fourth-order valence-electron chi connectivity index (χ4n) is 1.77. The number of nitrogens with zero attached hydrogens (tertiary/aromatic N) is 1. The van der Waals surface area contributed by atoms with Crippen LogP contribution in [0.1, 0.15) is 18.9 Å². The molecular weight excluding hydrogens is 242 g/mol. The lowest BCUT2D eigenvalue weighted by molar-refractivity contribution is -0.118. The summed E-state index contributed by atoms with van der Waals surface area (Å²) < 4.78 is 0. The van der Waals surface area contributed by atoms with E-state index in [1.807, 2.05) is 24.3 Å². The summed E-state index contributed by atoms with van der Waals surface area (Å²) in [5.74, 6) is -0.0237. The first-order valence-corrected chi connectivity index (χ1v) is 6.05. The molecule has 0 bridgehead atoms. The summed E-state index contributed by atoms with van der Waals surface area (Å²) in [6.07, 6.45) is 6.34. The summed E-state index contributed by atoms with van der Waals surface area (Å²) in [6, 6.07) is 5.57. The minimum absolute atomic E-state index is 0.0237. The number of hydrogen-bond donors (Lipinski definition) is 2. The van der Waals surface area contributed by atoms with E-state index in [2.05, 4.69) is 15.5 Å². The first-order valence-electron chi connectivity index (χ1n) is 6.05. The molecule has 19 heavy (non-hydrogen) atoms. The zero-order valence-electron chi connectivity index (χ0n) is 10.6. The van der Waals surface area contributed by atoms with Crippen LogP contribution >= 0.6 is 0 Å². The van der Waals surface area contributed by atoms with E-state index in [0.717, 1.165) is 17.4 Å². The maximum atomic E-state index is 11.5. The minimum atomic E-state index is -0.182. The lowest BCUT2D eigenvalue weighted by Gasteiger charge is -1.99. The summed E-state index contributed by atoms with van der Waals surface area (Å²) in [5.41, 5.74) is 0.821. The quantitative estimate of drug-likeness (QED) is 0.814. The maximum absolute atomic E-state index is 11.5. The number of aromatic amines is 1. The number of fused-ring (bicyclic) bond motifs is 1. The molecule has 1 aromatic carbocycles. The molecule has 0 spiro atoms. The molecule has 5 nitrogen and oxygen atoms in total. The molecule has 0 fully saturated rings. The number of hydrogen-bond acceptors (Lipinski definition) is 3. The Kier molecular flexibility index (Phi) is 4.07. The van der Waals surface area contributed by atoms with Gasteiger partial charge >= 0.3 is 0 Å². The van der Waals surface area contributed by atoms with Crippen molar-refractivity contribution in [3.8, 4) is 0 Å². The van der Waals surface area contributed by atoms with E-state index in [0.29, 0.717) is 11.9 Å². The van der Waals surface area contributed by atoms with Crippen LogP contribution in [-0.4, -0.2) is 22.6 Å². The van der Waals surface area contributed by atoms with Gasteiger partial charge in [0.15, 0.2) is 0 Å². The fourth-order valence-corrected chi connectivity index (χ4v) is 1.77. The molecule has 0 unspecified atom stereocenters. The van der Waals surface area contributed by atoms with Gasteiger partial charge in [0, 0.05) is 18.9 Å². The second-order valence-corrected chi connectivity index (χ2v) is 4.22. The van der Waals surface area contributed by atoms with Crippen LogP contribution in [0.4, 0.5) is 0 Å². The van der Waals surface area contributed by atoms with Gasteiger partial charge in [0.05, 0.1) is 11.6 Å². The molecule has 0 saturated heterocycles. The van der Waals surface area contributed by atoms with E-state index in [1.165, 1.54) is 6.92 Å². The lowest BCUT2D eigenvalue weighted by Crippen LogP contribution is -2.20. The molecule has 2 aromatic rings. The molecule has 0 aliphatic rings. The van der Waals surface area contributed by atoms with Crippen LogP contribution in [-0.2, 0) is 4.79 Å².